The summed E-state index contributed by atoms with van der Waals surface area (Å²) < 4.78 is 16.3. The van der Waals surface area contributed by atoms with E-state index in [9.17, 15) is 14.3 Å². The fraction of sp³-hybridized carbons (Fsp3) is 0.304. The van der Waals surface area contributed by atoms with Crippen molar-refractivity contribution in [2.75, 3.05) is 18.0 Å². The highest BCUT2D eigenvalue weighted by Crippen LogP contribution is 2.24. The van der Waals surface area contributed by atoms with Gasteiger partial charge in [0.25, 0.3) is 0 Å². The summed E-state index contributed by atoms with van der Waals surface area (Å²) in [5, 5.41) is 19.4. The molecular formula is C23H26FN5O2. The van der Waals surface area contributed by atoms with E-state index < -0.39 is 0 Å². The number of aromatic nitrogens is 2. The molecule has 0 saturated carbocycles. The summed E-state index contributed by atoms with van der Waals surface area (Å²) in [5.74, 6) is -0.315. The number of aliphatic hydroxyl groups is 1. The highest BCUT2D eigenvalue weighted by molar-refractivity contribution is 5.73. The number of aliphatic hydroxyl groups excluding tert-OH is 1. The van der Waals surface area contributed by atoms with Gasteiger partial charge in [0, 0.05) is 37.9 Å². The van der Waals surface area contributed by atoms with E-state index in [1.54, 1.807) is 16.9 Å². The van der Waals surface area contributed by atoms with Gasteiger partial charge >= 0.3 is 6.03 Å². The van der Waals surface area contributed by atoms with E-state index in [4.69, 9.17) is 0 Å². The van der Waals surface area contributed by atoms with Crippen molar-refractivity contribution in [1.29, 1.82) is 0 Å². The molecule has 4 rings (SSSR count). The molecule has 2 aromatic carbocycles. The van der Waals surface area contributed by atoms with E-state index in [0.717, 1.165) is 11.3 Å². The van der Waals surface area contributed by atoms with Crippen LogP contribution in [0.3, 0.4) is 0 Å². The second kappa shape index (κ2) is 9.61. The number of para-hydroxylation sites is 1. The molecule has 0 atom stereocenters. The fourth-order valence-electron chi connectivity index (χ4n) is 3.62. The number of hydrogen-bond acceptors (Lipinski definition) is 4. The van der Waals surface area contributed by atoms with E-state index in [2.05, 4.69) is 15.7 Å². The Labute approximate surface area is 180 Å². The molecule has 31 heavy (non-hydrogen) atoms. The molecule has 1 aromatic heterocycles. The second-order valence-electron chi connectivity index (χ2n) is 7.67. The number of nitrogens with one attached hydrogen (secondary N) is 2. The molecule has 2 heterocycles. The Morgan fingerprint density at radius 2 is 1.77 bits per heavy atom. The average molecular weight is 423 g/mol. The van der Waals surface area contributed by atoms with Crippen molar-refractivity contribution < 1.29 is 14.3 Å². The number of benzene rings is 2. The maximum Gasteiger partial charge on any atom is 0.315 e. The third-order valence-electron chi connectivity index (χ3n) is 5.38. The molecule has 3 aromatic rings. The predicted octanol–water partition coefficient (Wildman–Crippen LogP) is 2.97. The largest absolute Gasteiger partial charge is 0.393 e. The molecule has 0 bridgehead atoms. The van der Waals surface area contributed by atoms with Crippen LogP contribution >= 0.6 is 0 Å². The molecule has 8 heteroatoms. The number of carbonyl (C=O) groups excluding carboxylic acids is 1. The average Bonchev–Trinajstić information content (AvgIpc) is 3.27. The fourth-order valence-corrected chi connectivity index (χ4v) is 3.62. The highest BCUT2D eigenvalue weighted by atomic mass is 19.1. The lowest BCUT2D eigenvalue weighted by Gasteiger charge is -2.31. The number of amides is 2. The molecule has 0 radical (unpaired) electrons. The van der Waals surface area contributed by atoms with E-state index in [1.165, 1.54) is 6.07 Å². The van der Waals surface area contributed by atoms with Crippen molar-refractivity contribution in [3.05, 3.63) is 77.9 Å². The summed E-state index contributed by atoms with van der Waals surface area (Å²) in [6, 6.07) is 14.4. The Bertz CT molecular complexity index is 1020. The number of carbonyl (C=O) groups is 1. The van der Waals surface area contributed by atoms with Gasteiger partial charge in [-0.2, -0.15) is 5.10 Å². The summed E-state index contributed by atoms with van der Waals surface area (Å²) in [6.07, 6.45) is 4.57. The summed E-state index contributed by atoms with van der Waals surface area (Å²) in [4.78, 5) is 14.1. The number of piperidine rings is 1. The number of anilines is 1. The maximum atomic E-state index is 14.5. The van der Waals surface area contributed by atoms with E-state index in [-0.39, 0.29) is 24.5 Å². The van der Waals surface area contributed by atoms with Gasteiger partial charge < -0.3 is 20.6 Å². The van der Waals surface area contributed by atoms with Crippen LogP contribution in [0.4, 0.5) is 14.9 Å². The lowest BCUT2D eigenvalue weighted by Crippen LogP contribution is -2.36. The quantitative estimate of drug-likeness (QED) is 0.569. The van der Waals surface area contributed by atoms with Crippen LogP contribution in [0.5, 0.6) is 0 Å². The smallest absolute Gasteiger partial charge is 0.315 e. The van der Waals surface area contributed by atoms with Crippen molar-refractivity contribution >= 4 is 11.7 Å². The van der Waals surface area contributed by atoms with Crippen molar-refractivity contribution in [3.63, 3.8) is 0 Å². The van der Waals surface area contributed by atoms with Gasteiger partial charge in [0.05, 0.1) is 23.7 Å². The van der Waals surface area contributed by atoms with Crippen LogP contribution in [0.1, 0.15) is 24.0 Å². The third-order valence-corrected chi connectivity index (χ3v) is 5.38. The molecule has 1 aliphatic heterocycles. The minimum atomic E-state index is -0.332. The van der Waals surface area contributed by atoms with Crippen LogP contribution in [0.2, 0.25) is 0 Å². The van der Waals surface area contributed by atoms with Gasteiger partial charge in [-0.1, -0.05) is 24.3 Å². The van der Waals surface area contributed by atoms with Crippen LogP contribution in [0.15, 0.2) is 60.9 Å². The zero-order chi connectivity index (χ0) is 21.6. The number of nitrogens with zero attached hydrogens (tertiary/aromatic N) is 3. The van der Waals surface area contributed by atoms with E-state index in [1.807, 2.05) is 47.5 Å². The third kappa shape index (κ3) is 5.40. The lowest BCUT2D eigenvalue weighted by molar-refractivity contribution is 0.145. The van der Waals surface area contributed by atoms with E-state index in [0.29, 0.717) is 43.7 Å². The molecule has 162 valence electrons. The summed E-state index contributed by atoms with van der Waals surface area (Å²) in [7, 11) is 0. The van der Waals surface area contributed by atoms with Crippen LogP contribution in [-0.2, 0) is 13.1 Å². The van der Waals surface area contributed by atoms with Crippen LogP contribution < -0.4 is 15.5 Å². The van der Waals surface area contributed by atoms with Gasteiger partial charge in [-0.25, -0.2) is 13.9 Å². The maximum absolute atomic E-state index is 14.5. The monoisotopic (exact) mass is 423 g/mol. The van der Waals surface area contributed by atoms with Crippen molar-refractivity contribution in [1.82, 2.24) is 20.4 Å². The van der Waals surface area contributed by atoms with Crippen LogP contribution in [-0.4, -0.2) is 40.1 Å². The molecule has 2 amide bonds. The Balaban J connectivity index is 1.25. The molecule has 3 N–H and O–H groups in total. The Morgan fingerprint density at radius 1 is 1.06 bits per heavy atom. The molecule has 0 aliphatic carbocycles. The molecule has 0 unspecified atom stereocenters. The zero-order valence-corrected chi connectivity index (χ0v) is 17.2. The lowest BCUT2D eigenvalue weighted by atomic mass is 10.1. The minimum absolute atomic E-state index is 0.227. The van der Waals surface area contributed by atoms with Gasteiger partial charge in [-0.3, -0.25) is 0 Å². The first kappa shape index (κ1) is 20.9. The topological polar surface area (TPSA) is 82.4 Å². The minimum Gasteiger partial charge on any atom is -0.393 e. The summed E-state index contributed by atoms with van der Waals surface area (Å²) in [5.41, 5.74) is 3.05. The molecule has 7 nitrogen and oxygen atoms in total. The summed E-state index contributed by atoms with van der Waals surface area (Å²) in [6.45, 7) is 1.84. The summed E-state index contributed by atoms with van der Waals surface area (Å²) >= 11 is 0. The van der Waals surface area contributed by atoms with Crippen molar-refractivity contribution in [3.8, 4) is 5.69 Å². The number of hydrogen-bond donors (Lipinski definition) is 3. The van der Waals surface area contributed by atoms with Gasteiger partial charge in [0.1, 0.15) is 5.82 Å². The van der Waals surface area contributed by atoms with Crippen molar-refractivity contribution in [2.24, 2.45) is 0 Å². The molecular weight excluding hydrogens is 397 g/mol. The first-order valence-electron chi connectivity index (χ1n) is 10.4. The highest BCUT2D eigenvalue weighted by Gasteiger charge is 2.19. The van der Waals surface area contributed by atoms with Gasteiger partial charge in [0.15, 0.2) is 0 Å². The molecule has 0 spiro atoms. The Hall–Kier alpha value is -3.39. The zero-order valence-electron chi connectivity index (χ0n) is 17.2. The van der Waals surface area contributed by atoms with Gasteiger partial charge in [0.2, 0.25) is 0 Å². The first-order valence-corrected chi connectivity index (χ1v) is 10.4. The van der Waals surface area contributed by atoms with Crippen LogP contribution in [0, 0.1) is 5.82 Å². The van der Waals surface area contributed by atoms with Gasteiger partial charge in [-0.15, -0.1) is 0 Å². The normalized spacial score (nSPS) is 14.5. The first-order chi connectivity index (χ1) is 15.1. The second-order valence-corrected chi connectivity index (χ2v) is 7.67. The molecule has 1 aliphatic rings. The molecule has 1 fully saturated rings. The number of halogens is 1. The number of rotatable bonds is 6. The Kier molecular flexibility index (Phi) is 6.47. The van der Waals surface area contributed by atoms with Crippen LogP contribution in [0.25, 0.3) is 5.69 Å². The predicted molar refractivity (Wildman–Crippen MR) is 116 cm³/mol. The molecule has 1 saturated heterocycles. The SMILES string of the molecule is O=C(NCc1ccc(N2CCC(O)CC2)c(F)c1)NCc1cnn(-c2ccccc2)c1. The number of urea groups is 1. The van der Waals surface area contributed by atoms with E-state index >= 15 is 0 Å². The Morgan fingerprint density at radius 3 is 2.48 bits per heavy atom. The standard InChI is InChI=1S/C23H26FN5O2/c24-21-12-17(6-7-22(21)28-10-8-20(30)9-11-28)13-25-23(31)26-14-18-15-27-29(16-18)19-4-2-1-3-5-19/h1-7,12,15-16,20,30H,8-11,13-14H2,(H2,25,26,31). The van der Waals surface area contributed by atoms with Crippen molar-refractivity contribution in [2.45, 2.75) is 32.0 Å². The van der Waals surface area contributed by atoms with Gasteiger partial charge in [-0.05, 0) is 42.7 Å².